The van der Waals surface area contributed by atoms with E-state index in [9.17, 15) is 18.0 Å². The van der Waals surface area contributed by atoms with Crippen LogP contribution in [0.5, 0.6) is 5.75 Å². The Balaban J connectivity index is 2.39. The van der Waals surface area contributed by atoms with E-state index >= 15 is 0 Å². The molecular weight excluding hydrogens is 513 g/mol. The fourth-order valence-corrected chi connectivity index (χ4v) is 4.55. The summed E-state index contributed by atoms with van der Waals surface area (Å²) in [6.45, 7) is 5.44. The van der Waals surface area contributed by atoms with Gasteiger partial charge in [-0.3, -0.25) is 13.9 Å². The maximum atomic E-state index is 13.5. The average Bonchev–Trinajstić information content (AvgIpc) is 2.79. The zero-order valence-corrected chi connectivity index (χ0v) is 22.7. The lowest BCUT2D eigenvalue weighted by molar-refractivity contribution is -0.139. The van der Waals surface area contributed by atoms with Gasteiger partial charge in [-0.15, -0.1) is 0 Å². The van der Waals surface area contributed by atoms with Crippen molar-refractivity contribution in [3.8, 4) is 5.75 Å². The molecule has 1 N–H and O–H groups in total. The molecule has 0 bridgehead atoms. The van der Waals surface area contributed by atoms with Gasteiger partial charge >= 0.3 is 0 Å². The first-order valence-electron chi connectivity index (χ1n) is 11.0. The van der Waals surface area contributed by atoms with Gasteiger partial charge in [0.05, 0.1) is 19.1 Å². The van der Waals surface area contributed by atoms with Crippen molar-refractivity contribution in [2.45, 2.75) is 33.4 Å². The highest BCUT2D eigenvalue weighted by Crippen LogP contribution is 2.25. The molecule has 0 aliphatic heterocycles. The van der Waals surface area contributed by atoms with Gasteiger partial charge in [-0.1, -0.05) is 43.1 Å². The molecule has 0 radical (unpaired) electrons. The van der Waals surface area contributed by atoms with E-state index in [0.29, 0.717) is 33.6 Å². The maximum absolute atomic E-state index is 13.5. The fraction of sp³-hybridized carbons (Fsp3) is 0.417. The number of rotatable bonds is 11. The summed E-state index contributed by atoms with van der Waals surface area (Å²) in [7, 11) is -2.32. The third kappa shape index (κ3) is 8.30. The molecule has 0 saturated heterocycles. The van der Waals surface area contributed by atoms with Crippen LogP contribution in [-0.4, -0.2) is 57.6 Å². The van der Waals surface area contributed by atoms with Crippen molar-refractivity contribution in [3.05, 3.63) is 58.1 Å². The molecule has 2 aromatic rings. The molecule has 0 aromatic heterocycles. The number of ether oxygens (including phenoxy) is 1. The predicted molar refractivity (Wildman–Crippen MR) is 140 cm³/mol. The molecule has 2 rings (SSSR count). The molecule has 0 aliphatic rings. The smallest absolute Gasteiger partial charge is 0.244 e. The Kier molecular flexibility index (Phi) is 10.2. The first-order chi connectivity index (χ1) is 16.3. The SMILES string of the molecule is COc1ccc(N(CC(=O)N(Cc2ccc(Cl)cc2Cl)[C@@H](C)C(=O)NCC(C)C)S(C)(=O)=O)cc1. The molecule has 1 atom stereocenters. The Bertz CT molecular complexity index is 1140. The first-order valence-corrected chi connectivity index (χ1v) is 13.6. The van der Waals surface area contributed by atoms with Crippen LogP contribution in [0.4, 0.5) is 5.69 Å². The molecule has 192 valence electrons. The summed E-state index contributed by atoms with van der Waals surface area (Å²) in [5, 5.41) is 3.59. The Hall–Kier alpha value is -2.49. The van der Waals surface area contributed by atoms with E-state index in [2.05, 4.69) is 5.32 Å². The summed E-state index contributed by atoms with van der Waals surface area (Å²) >= 11 is 12.3. The minimum absolute atomic E-state index is 0.00862. The van der Waals surface area contributed by atoms with Crippen LogP contribution < -0.4 is 14.4 Å². The highest BCUT2D eigenvalue weighted by Gasteiger charge is 2.30. The number of amides is 2. The van der Waals surface area contributed by atoms with Gasteiger partial charge in [-0.05, 0) is 54.8 Å². The molecule has 8 nitrogen and oxygen atoms in total. The van der Waals surface area contributed by atoms with E-state index in [1.54, 1.807) is 49.4 Å². The van der Waals surface area contributed by atoms with Gasteiger partial charge in [0.1, 0.15) is 18.3 Å². The number of nitrogens with zero attached hydrogens (tertiary/aromatic N) is 2. The maximum Gasteiger partial charge on any atom is 0.244 e. The highest BCUT2D eigenvalue weighted by atomic mass is 35.5. The van der Waals surface area contributed by atoms with Crippen molar-refractivity contribution >= 4 is 50.7 Å². The van der Waals surface area contributed by atoms with E-state index in [1.807, 2.05) is 13.8 Å². The molecule has 0 heterocycles. The Morgan fingerprint density at radius 1 is 1.06 bits per heavy atom. The zero-order valence-electron chi connectivity index (χ0n) is 20.4. The van der Waals surface area contributed by atoms with Gasteiger partial charge in [-0.25, -0.2) is 8.42 Å². The topological polar surface area (TPSA) is 96.0 Å². The largest absolute Gasteiger partial charge is 0.497 e. The Morgan fingerprint density at radius 3 is 2.20 bits per heavy atom. The molecule has 0 saturated carbocycles. The van der Waals surface area contributed by atoms with E-state index in [-0.39, 0.29) is 18.4 Å². The third-order valence-corrected chi connectivity index (χ3v) is 6.97. The van der Waals surface area contributed by atoms with Gasteiger partial charge in [0.15, 0.2) is 0 Å². The van der Waals surface area contributed by atoms with E-state index in [4.69, 9.17) is 27.9 Å². The molecule has 0 aliphatic carbocycles. The van der Waals surface area contributed by atoms with Crippen LogP contribution in [0.3, 0.4) is 0 Å². The average molecular weight is 545 g/mol. The van der Waals surface area contributed by atoms with Gasteiger partial charge in [0.25, 0.3) is 0 Å². The van der Waals surface area contributed by atoms with Crippen LogP contribution in [0.15, 0.2) is 42.5 Å². The molecule has 0 unspecified atom stereocenters. The number of hydrogen-bond donors (Lipinski definition) is 1. The molecule has 2 amide bonds. The summed E-state index contributed by atoms with van der Waals surface area (Å²) in [5.74, 6) is -0.156. The predicted octanol–water partition coefficient (Wildman–Crippen LogP) is 3.96. The Labute approximate surface area is 217 Å². The van der Waals surface area contributed by atoms with Gasteiger partial charge in [0.2, 0.25) is 21.8 Å². The van der Waals surface area contributed by atoms with Gasteiger partial charge < -0.3 is 15.0 Å². The molecule has 0 fully saturated rings. The van der Waals surface area contributed by atoms with E-state index < -0.39 is 28.5 Å². The summed E-state index contributed by atoms with van der Waals surface area (Å²) in [6.07, 6.45) is 1.02. The summed E-state index contributed by atoms with van der Waals surface area (Å²) in [5.41, 5.74) is 0.867. The number of carbonyl (C=O) groups excluding carboxylic acids is 2. The summed E-state index contributed by atoms with van der Waals surface area (Å²) in [6, 6.07) is 10.3. The van der Waals surface area contributed by atoms with E-state index in [1.165, 1.54) is 12.0 Å². The first kappa shape index (κ1) is 28.7. The monoisotopic (exact) mass is 543 g/mol. The fourth-order valence-electron chi connectivity index (χ4n) is 3.23. The van der Waals surface area contributed by atoms with Crippen LogP contribution in [0.1, 0.15) is 26.3 Å². The minimum atomic E-state index is -3.82. The third-order valence-electron chi connectivity index (χ3n) is 5.25. The van der Waals surface area contributed by atoms with Gasteiger partial charge in [0, 0.05) is 23.1 Å². The highest BCUT2D eigenvalue weighted by molar-refractivity contribution is 7.92. The van der Waals surface area contributed by atoms with Crippen molar-refractivity contribution in [2.24, 2.45) is 5.92 Å². The number of carbonyl (C=O) groups is 2. The molecule has 2 aromatic carbocycles. The molecule has 0 spiro atoms. The lowest BCUT2D eigenvalue weighted by Crippen LogP contribution is -2.51. The van der Waals surface area contributed by atoms with Gasteiger partial charge in [-0.2, -0.15) is 0 Å². The zero-order chi connectivity index (χ0) is 26.3. The molecule has 11 heteroatoms. The number of nitrogens with one attached hydrogen (secondary N) is 1. The second kappa shape index (κ2) is 12.5. The van der Waals surface area contributed by atoms with Crippen molar-refractivity contribution in [1.82, 2.24) is 10.2 Å². The van der Waals surface area contributed by atoms with Crippen molar-refractivity contribution in [1.29, 1.82) is 0 Å². The standard InChI is InChI=1S/C24H31Cl2N3O5S/c1-16(2)13-27-24(31)17(3)28(14-18-6-7-19(25)12-22(18)26)23(30)15-29(35(5,32)33)20-8-10-21(34-4)11-9-20/h6-12,16-17H,13-15H2,1-5H3,(H,27,31)/t17-/m0/s1. The van der Waals surface area contributed by atoms with E-state index in [0.717, 1.165) is 10.6 Å². The number of methoxy groups -OCH3 is 1. The second-order valence-corrected chi connectivity index (χ2v) is 11.3. The van der Waals surface area contributed by atoms with Crippen LogP contribution in [0.2, 0.25) is 10.0 Å². The molecular formula is C24H31Cl2N3O5S. The van der Waals surface area contributed by atoms with Crippen LogP contribution in [0.25, 0.3) is 0 Å². The lowest BCUT2D eigenvalue weighted by atomic mass is 10.1. The van der Waals surface area contributed by atoms with Crippen LogP contribution in [0, 0.1) is 5.92 Å². The number of sulfonamides is 1. The van der Waals surface area contributed by atoms with Crippen molar-refractivity contribution in [2.75, 3.05) is 30.8 Å². The van der Waals surface area contributed by atoms with Crippen LogP contribution in [-0.2, 0) is 26.2 Å². The number of halogens is 2. The number of anilines is 1. The quantitative estimate of drug-likeness (QED) is 0.462. The van der Waals surface area contributed by atoms with Crippen molar-refractivity contribution < 1.29 is 22.7 Å². The number of hydrogen-bond acceptors (Lipinski definition) is 5. The van der Waals surface area contributed by atoms with Crippen LogP contribution >= 0.6 is 23.2 Å². The normalized spacial score (nSPS) is 12.2. The lowest BCUT2D eigenvalue weighted by Gasteiger charge is -2.32. The number of benzene rings is 2. The summed E-state index contributed by atoms with van der Waals surface area (Å²) in [4.78, 5) is 27.7. The second-order valence-electron chi connectivity index (χ2n) is 8.54. The Morgan fingerprint density at radius 2 is 1.69 bits per heavy atom. The molecule has 35 heavy (non-hydrogen) atoms. The van der Waals surface area contributed by atoms with Crippen molar-refractivity contribution in [3.63, 3.8) is 0 Å². The minimum Gasteiger partial charge on any atom is -0.497 e. The summed E-state index contributed by atoms with van der Waals surface area (Å²) < 4.78 is 31.3.